The van der Waals surface area contributed by atoms with Crippen molar-refractivity contribution in [1.82, 2.24) is 5.32 Å². The summed E-state index contributed by atoms with van der Waals surface area (Å²) in [5, 5.41) is 2.65. The first-order valence-corrected chi connectivity index (χ1v) is 8.09. The molecule has 5 nitrogen and oxygen atoms in total. The maximum absolute atomic E-state index is 11.8. The summed E-state index contributed by atoms with van der Waals surface area (Å²) in [6.07, 6.45) is 0. The minimum absolute atomic E-state index is 0.152. The fourth-order valence-electron chi connectivity index (χ4n) is 1.78. The van der Waals surface area contributed by atoms with E-state index < -0.39 is 18.5 Å². The predicted molar refractivity (Wildman–Crippen MR) is 89.5 cm³/mol. The normalized spacial score (nSPS) is 10.2. The molecular weight excluding hydrogens is 361 g/mol. The number of para-hydroxylation sites is 1. The molecule has 2 rings (SSSR count). The molecule has 122 valence electrons. The molecule has 0 saturated heterocycles. The van der Waals surface area contributed by atoms with Crippen molar-refractivity contribution in [2.24, 2.45) is 0 Å². The van der Waals surface area contributed by atoms with Crippen LogP contribution in [0, 0.1) is 0 Å². The van der Waals surface area contributed by atoms with Gasteiger partial charge in [-0.1, -0.05) is 41.4 Å². The molecule has 1 aromatic carbocycles. The third-order valence-corrected chi connectivity index (χ3v) is 4.37. The maximum atomic E-state index is 11.8. The number of amides is 1. The number of methoxy groups -OCH3 is 1. The van der Waals surface area contributed by atoms with Crippen molar-refractivity contribution in [1.29, 1.82) is 0 Å². The van der Waals surface area contributed by atoms with Gasteiger partial charge in [0.15, 0.2) is 6.61 Å². The van der Waals surface area contributed by atoms with Crippen LogP contribution in [0.1, 0.15) is 15.9 Å². The molecule has 2 aromatic rings. The molecule has 0 fully saturated rings. The van der Waals surface area contributed by atoms with Crippen molar-refractivity contribution in [3.8, 4) is 5.75 Å². The summed E-state index contributed by atoms with van der Waals surface area (Å²) in [5.41, 5.74) is 0.974. The first-order valence-electron chi connectivity index (χ1n) is 6.51. The van der Waals surface area contributed by atoms with Gasteiger partial charge in [-0.25, -0.2) is 4.79 Å². The Labute approximate surface area is 147 Å². The lowest BCUT2D eigenvalue weighted by Gasteiger charge is -2.09. The molecule has 0 spiro atoms. The van der Waals surface area contributed by atoms with Crippen molar-refractivity contribution in [2.75, 3.05) is 13.7 Å². The summed E-state index contributed by atoms with van der Waals surface area (Å²) >= 11 is 12.7. The van der Waals surface area contributed by atoms with Crippen molar-refractivity contribution in [3.63, 3.8) is 0 Å². The SMILES string of the molecule is COc1ccccc1CNC(=O)COC(=O)c1cc(Cl)sc1Cl. The van der Waals surface area contributed by atoms with Gasteiger partial charge in [-0.05, 0) is 12.1 Å². The Balaban J connectivity index is 1.83. The average molecular weight is 374 g/mol. The number of hydrogen-bond acceptors (Lipinski definition) is 5. The van der Waals surface area contributed by atoms with Crippen LogP contribution in [0.15, 0.2) is 30.3 Å². The molecule has 0 unspecified atom stereocenters. The lowest BCUT2D eigenvalue weighted by molar-refractivity contribution is -0.124. The number of carbonyl (C=O) groups excluding carboxylic acids is 2. The van der Waals surface area contributed by atoms with E-state index in [1.165, 1.54) is 6.07 Å². The first kappa shape index (κ1) is 17.6. The molecule has 1 N–H and O–H groups in total. The van der Waals surface area contributed by atoms with E-state index in [2.05, 4.69) is 5.32 Å². The Morgan fingerprint density at radius 1 is 1.26 bits per heavy atom. The van der Waals surface area contributed by atoms with Gasteiger partial charge in [0.25, 0.3) is 5.91 Å². The average Bonchev–Trinajstić information content (AvgIpc) is 2.89. The van der Waals surface area contributed by atoms with E-state index in [1.54, 1.807) is 13.2 Å². The number of halogens is 2. The van der Waals surface area contributed by atoms with Crippen LogP contribution in [-0.2, 0) is 16.1 Å². The summed E-state index contributed by atoms with van der Waals surface area (Å²) in [4.78, 5) is 23.6. The molecule has 1 heterocycles. The molecule has 0 aliphatic heterocycles. The molecule has 0 aliphatic rings. The monoisotopic (exact) mass is 373 g/mol. The van der Waals surface area contributed by atoms with Crippen LogP contribution in [-0.4, -0.2) is 25.6 Å². The summed E-state index contributed by atoms with van der Waals surface area (Å²) in [5.74, 6) is -0.447. The highest BCUT2D eigenvalue weighted by Gasteiger charge is 2.17. The van der Waals surface area contributed by atoms with Gasteiger partial charge < -0.3 is 14.8 Å². The third-order valence-electron chi connectivity index (χ3n) is 2.88. The summed E-state index contributed by atoms with van der Waals surface area (Å²) < 4.78 is 10.7. The van der Waals surface area contributed by atoms with Crippen molar-refractivity contribution < 1.29 is 19.1 Å². The summed E-state index contributed by atoms with van der Waals surface area (Å²) in [7, 11) is 1.55. The number of carbonyl (C=O) groups is 2. The molecule has 0 bridgehead atoms. The zero-order valence-electron chi connectivity index (χ0n) is 12.1. The predicted octanol–water partition coefficient (Wildman–Crippen LogP) is 3.54. The van der Waals surface area contributed by atoms with E-state index in [9.17, 15) is 9.59 Å². The van der Waals surface area contributed by atoms with Gasteiger partial charge in [-0.2, -0.15) is 0 Å². The lowest BCUT2D eigenvalue weighted by Crippen LogP contribution is -2.28. The van der Waals surface area contributed by atoms with Crippen molar-refractivity contribution in [2.45, 2.75) is 6.54 Å². The van der Waals surface area contributed by atoms with Crippen LogP contribution in [0.25, 0.3) is 0 Å². The first-order chi connectivity index (χ1) is 11.0. The number of thiophene rings is 1. The highest BCUT2D eigenvalue weighted by atomic mass is 35.5. The van der Waals surface area contributed by atoms with Crippen LogP contribution in [0.2, 0.25) is 8.67 Å². The molecular formula is C15H13Cl2NO4S. The number of rotatable bonds is 6. The van der Waals surface area contributed by atoms with Gasteiger partial charge in [0.2, 0.25) is 0 Å². The molecule has 8 heteroatoms. The second-order valence-corrected chi connectivity index (χ2v) is 6.69. The standard InChI is InChI=1S/C15H13Cl2NO4S/c1-21-11-5-3-2-4-9(11)7-18-13(19)8-22-15(20)10-6-12(16)23-14(10)17/h2-6H,7-8H2,1H3,(H,18,19). The second kappa shape index (κ2) is 8.19. The molecule has 0 atom stereocenters. The van der Waals surface area contributed by atoms with E-state index in [0.29, 0.717) is 10.1 Å². The molecule has 23 heavy (non-hydrogen) atoms. The van der Waals surface area contributed by atoms with Gasteiger partial charge in [0.05, 0.1) is 17.0 Å². The minimum Gasteiger partial charge on any atom is -0.496 e. The topological polar surface area (TPSA) is 64.6 Å². The van der Waals surface area contributed by atoms with E-state index in [1.807, 2.05) is 18.2 Å². The zero-order chi connectivity index (χ0) is 16.8. The molecule has 0 aliphatic carbocycles. The van der Waals surface area contributed by atoms with E-state index in [0.717, 1.165) is 16.9 Å². The Hall–Kier alpha value is -1.76. The molecule has 0 radical (unpaired) electrons. The smallest absolute Gasteiger partial charge is 0.341 e. The molecule has 1 aromatic heterocycles. The van der Waals surface area contributed by atoms with Crippen molar-refractivity contribution in [3.05, 3.63) is 50.1 Å². The fourth-order valence-corrected chi connectivity index (χ4v) is 3.22. The van der Waals surface area contributed by atoms with Gasteiger partial charge in [-0.15, -0.1) is 11.3 Å². The van der Waals surface area contributed by atoms with Crippen LogP contribution >= 0.6 is 34.5 Å². The van der Waals surface area contributed by atoms with Crippen LogP contribution in [0.3, 0.4) is 0 Å². The highest BCUT2D eigenvalue weighted by molar-refractivity contribution is 7.20. The number of hydrogen-bond donors (Lipinski definition) is 1. The largest absolute Gasteiger partial charge is 0.496 e. The van der Waals surface area contributed by atoms with Crippen LogP contribution < -0.4 is 10.1 Å². The van der Waals surface area contributed by atoms with E-state index in [-0.39, 0.29) is 16.4 Å². The highest BCUT2D eigenvalue weighted by Crippen LogP contribution is 2.31. The maximum Gasteiger partial charge on any atom is 0.341 e. The van der Waals surface area contributed by atoms with E-state index >= 15 is 0 Å². The Morgan fingerprint density at radius 3 is 2.65 bits per heavy atom. The Morgan fingerprint density at radius 2 is 2.00 bits per heavy atom. The molecule has 1 amide bonds. The number of ether oxygens (including phenoxy) is 2. The molecule has 0 saturated carbocycles. The third kappa shape index (κ3) is 4.86. The van der Waals surface area contributed by atoms with Crippen LogP contribution in [0.5, 0.6) is 5.75 Å². The minimum atomic E-state index is -0.689. The van der Waals surface area contributed by atoms with Gasteiger partial charge in [-0.3, -0.25) is 4.79 Å². The number of benzene rings is 1. The van der Waals surface area contributed by atoms with Gasteiger partial charge in [0, 0.05) is 12.1 Å². The Bertz CT molecular complexity index is 717. The quantitative estimate of drug-likeness (QED) is 0.786. The summed E-state index contributed by atoms with van der Waals surface area (Å²) in [6.45, 7) is -0.136. The number of nitrogens with one attached hydrogen (secondary N) is 1. The van der Waals surface area contributed by atoms with Crippen LogP contribution in [0.4, 0.5) is 0 Å². The van der Waals surface area contributed by atoms with Gasteiger partial charge >= 0.3 is 5.97 Å². The van der Waals surface area contributed by atoms with Crippen molar-refractivity contribution >= 4 is 46.4 Å². The lowest BCUT2D eigenvalue weighted by atomic mass is 10.2. The second-order valence-electron chi connectivity index (χ2n) is 4.40. The summed E-state index contributed by atoms with van der Waals surface area (Å²) in [6, 6.07) is 8.71. The zero-order valence-corrected chi connectivity index (χ0v) is 14.4. The number of esters is 1. The Kier molecular flexibility index (Phi) is 6.27. The van der Waals surface area contributed by atoms with E-state index in [4.69, 9.17) is 32.7 Å². The fraction of sp³-hybridized carbons (Fsp3) is 0.200. The van der Waals surface area contributed by atoms with Gasteiger partial charge in [0.1, 0.15) is 10.1 Å².